The van der Waals surface area contributed by atoms with Crippen LogP contribution in [0.15, 0.2) is 42.7 Å². The third-order valence-electron chi connectivity index (χ3n) is 5.89. The largest absolute Gasteiger partial charge is 0.486 e. The van der Waals surface area contributed by atoms with Gasteiger partial charge in [-0.1, -0.05) is 0 Å². The van der Waals surface area contributed by atoms with Crippen LogP contribution < -0.4 is 15.2 Å². The molecule has 1 aromatic carbocycles. The number of rotatable bonds is 3. The summed E-state index contributed by atoms with van der Waals surface area (Å²) >= 11 is 0. The monoisotopic (exact) mass is 431 g/mol. The lowest BCUT2D eigenvalue weighted by Crippen LogP contribution is -2.39. The van der Waals surface area contributed by atoms with Crippen molar-refractivity contribution in [2.45, 2.75) is 25.7 Å². The van der Waals surface area contributed by atoms with E-state index in [1.54, 1.807) is 18.5 Å². The molecule has 5 rings (SSSR count). The van der Waals surface area contributed by atoms with Crippen molar-refractivity contribution < 1.29 is 14.3 Å². The molecule has 2 aliphatic rings. The lowest BCUT2D eigenvalue weighted by atomic mass is 9.92. The van der Waals surface area contributed by atoms with Crippen LogP contribution in [0.25, 0.3) is 11.1 Å². The fraction of sp³-hybridized carbons (Fsp3) is 0.333. The summed E-state index contributed by atoms with van der Waals surface area (Å²) in [5, 5.41) is 0. The number of hydrogen-bond donors (Lipinski definition) is 1. The number of fused-ring (bicyclic) bond motifs is 1. The van der Waals surface area contributed by atoms with Crippen LogP contribution in [0.3, 0.4) is 0 Å². The van der Waals surface area contributed by atoms with Gasteiger partial charge in [-0.2, -0.15) is 0 Å². The lowest BCUT2D eigenvalue weighted by Gasteiger charge is -2.33. The maximum Gasteiger partial charge on any atom is 0.254 e. The van der Waals surface area contributed by atoms with Crippen molar-refractivity contribution in [2.24, 2.45) is 0 Å². The fourth-order valence-electron chi connectivity index (χ4n) is 4.32. The first kappa shape index (κ1) is 20.2. The van der Waals surface area contributed by atoms with Crippen molar-refractivity contribution in [2.75, 3.05) is 32.0 Å². The molecule has 0 spiro atoms. The molecule has 2 aromatic heterocycles. The van der Waals surface area contributed by atoms with Gasteiger partial charge in [0.1, 0.15) is 13.2 Å². The summed E-state index contributed by atoms with van der Waals surface area (Å²) in [6.07, 6.45) is 5.36. The van der Waals surface area contributed by atoms with Gasteiger partial charge in [-0.05, 0) is 55.7 Å². The Balaban J connectivity index is 1.37. The highest BCUT2D eigenvalue weighted by Gasteiger charge is 2.27. The number of carbonyl (C=O) groups is 1. The summed E-state index contributed by atoms with van der Waals surface area (Å²) in [5.74, 6) is 1.74. The van der Waals surface area contributed by atoms with Gasteiger partial charge in [-0.25, -0.2) is 9.97 Å². The lowest BCUT2D eigenvalue weighted by molar-refractivity contribution is 0.0705. The predicted molar refractivity (Wildman–Crippen MR) is 120 cm³/mol. The van der Waals surface area contributed by atoms with E-state index in [-0.39, 0.29) is 17.8 Å². The molecule has 0 unspecified atom stereocenters. The number of hydrogen-bond acceptors (Lipinski definition) is 7. The summed E-state index contributed by atoms with van der Waals surface area (Å²) in [7, 11) is 0. The van der Waals surface area contributed by atoms with Crippen molar-refractivity contribution in [3.63, 3.8) is 0 Å². The van der Waals surface area contributed by atoms with Crippen molar-refractivity contribution in [1.29, 1.82) is 0 Å². The number of nitrogens with zero attached hydrogens (tertiary/aromatic N) is 4. The van der Waals surface area contributed by atoms with Gasteiger partial charge in [0.2, 0.25) is 5.95 Å². The number of nitrogen functional groups attached to an aromatic ring is 1. The molecule has 8 nitrogen and oxygen atoms in total. The minimum absolute atomic E-state index is 0.00600. The van der Waals surface area contributed by atoms with E-state index >= 15 is 0 Å². The van der Waals surface area contributed by atoms with Crippen LogP contribution in [0.4, 0.5) is 5.95 Å². The van der Waals surface area contributed by atoms with Gasteiger partial charge < -0.3 is 20.1 Å². The number of piperidine rings is 1. The molecular formula is C24H25N5O3. The highest BCUT2D eigenvalue weighted by Crippen LogP contribution is 2.33. The molecule has 1 amide bonds. The molecule has 8 heteroatoms. The Morgan fingerprint density at radius 3 is 2.66 bits per heavy atom. The van der Waals surface area contributed by atoms with Crippen LogP contribution in [0.2, 0.25) is 0 Å². The third kappa shape index (κ3) is 4.08. The van der Waals surface area contributed by atoms with Gasteiger partial charge in [-0.3, -0.25) is 9.78 Å². The molecule has 32 heavy (non-hydrogen) atoms. The quantitative estimate of drug-likeness (QED) is 0.679. The SMILES string of the molecule is Cc1cc(-c2cnc(N)nc2)cc([C@@H]2CCCN(C(=O)c3ccc4c(c3)OCCO4)C2)n1. The number of pyridine rings is 1. The topological polar surface area (TPSA) is 103 Å². The molecule has 0 bridgehead atoms. The average molecular weight is 431 g/mol. The molecule has 3 aromatic rings. The number of aromatic nitrogens is 3. The van der Waals surface area contributed by atoms with Gasteiger partial charge in [0.15, 0.2) is 11.5 Å². The van der Waals surface area contributed by atoms with Crippen molar-refractivity contribution in [3.05, 3.63) is 59.7 Å². The number of aryl methyl sites for hydroxylation is 1. The maximum absolute atomic E-state index is 13.2. The zero-order valence-electron chi connectivity index (χ0n) is 18.0. The van der Waals surface area contributed by atoms with Crippen LogP contribution in [-0.2, 0) is 0 Å². The zero-order chi connectivity index (χ0) is 22.1. The Morgan fingerprint density at radius 1 is 1.06 bits per heavy atom. The Hall–Kier alpha value is -3.68. The van der Waals surface area contributed by atoms with Crippen molar-refractivity contribution >= 4 is 11.9 Å². The van der Waals surface area contributed by atoms with Gasteiger partial charge in [0.25, 0.3) is 5.91 Å². The summed E-state index contributed by atoms with van der Waals surface area (Å²) in [4.78, 5) is 28.1. The molecule has 2 N–H and O–H groups in total. The number of benzene rings is 1. The molecule has 164 valence electrons. The van der Waals surface area contributed by atoms with Gasteiger partial charge >= 0.3 is 0 Å². The van der Waals surface area contributed by atoms with Gasteiger partial charge in [0.05, 0.1) is 0 Å². The van der Waals surface area contributed by atoms with E-state index in [4.69, 9.17) is 20.2 Å². The standard InChI is InChI=1S/C24H25N5O3/c1-15-9-18(19-12-26-24(25)27-13-19)10-20(28-15)17-3-2-6-29(14-17)23(30)16-4-5-21-22(11-16)32-8-7-31-21/h4-5,9-13,17H,2-3,6-8,14H2,1H3,(H2,25,26,27)/t17-/m1/s1. The number of ether oxygens (including phenoxy) is 2. The second-order valence-electron chi connectivity index (χ2n) is 8.20. The fourth-order valence-corrected chi connectivity index (χ4v) is 4.32. The number of anilines is 1. The van der Waals surface area contributed by atoms with Crippen LogP contribution in [-0.4, -0.2) is 52.1 Å². The Morgan fingerprint density at radius 2 is 1.84 bits per heavy atom. The maximum atomic E-state index is 13.2. The van der Waals surface area contributed by atoms with Crippen LogP contribution in [0.5, 0.6) is 11.5 Å². The minimum Gasteiger partial charge on any atom is -0.486 e. The number of nitrogens with two attached hydrogens (primary N) is 1. The van der Waals surface area contributed by atoms with Crippen molar-refractivity contribution in [1.82, 2.24) is 19.9 Å². The van der Waals surface area contributed by atoms with E-state index in [0.29, 0.717) is 36.8 Å². The second kappa shape index (κ2) is 8.45. The first-order valence-electron chi connectivity index (χ1n) is 10.8. The molecule has 0 radical (unpaired) electrons. The van der Waals surface area contributed by atoms with Gasteiger partial charge in [-0.15, -0.1) is 0 Å². The number of likely N-dealkylation sites (tertiary alicyclic amines) is 1. The molecule has 1 atom stereocenters. The molecule has 0 aliphatic carbocycles. The summed E-state index contributed by atoms with van der Waals surface area (Å²) in [6.45, 7) is 4.36. The average Bonchev–Trinajstić information content (AvgIpc) is 2.83. The second-order valence-corrected chi connectivity index (χ2v) is 8.20. The first-order chi connectivity index (χ1) is 15.6. The summed E-state index contributed by atoms with van der Waals surface area (Å²) < 4.78 is 11.2. The Kier molecular flexibility index (Phi) is 5.34. The van der Waals surface area contributed by atoms with E-state index in [1.807, 2.05) is 30.0 Å². The molecular weight excluding hydrogens is 406 g/mol. The predicted octanol–water partition coefficient (Wildman–Crippen LogP) is 3.22. The van der Waals surface area contributed by atoms with Crippen LogP contribution in [0.1, 0.15) is 40.5 Å². The Labute approximate surface area is 186 Å². The normalized spacial score (nSPS) is 17.8. The van der Waals surface area contributed by atoms with E-state index in [2.05, 4.69) is 16.0 Å². The Bertz CT molecular complexity index is 1150. The number of amides is 1. The molecule has 1 saturated heterocycles. The highest BCUT2D eigenvalue weighted by molar-refractivity contribution is 5.95. The van der Waals surface area contributed by atoms with Crippen molar-refractivity contribution in [3.8, 4) is 22.6 Å². The smallest absolute Gasteiger partial charge is 0.254 e. The van der Waals surface area contributed by atoms with Crippen LogP contribution in [0, 0.1) is 6.92 Å². The summed E-state index contributed by atoms with van der Waals surface area (Å²) in [5.41, 5.74) is 10.0. The minimum atomic E-state index is 0.00600. The molecule has 2 aliphatic heterocycles. The molecule has 4 heterocycles. The van der Waals surface area contributed by atoms with E-state index in [0.717, 1.165) is 41.9 Å². The van der Waals surface area contributed by atoms with E-state index in [9.17, 15) is 4.79 Å². The zero-order valence-corrected chi connectivity index (χ0v) is 18.0. The highest BCUT2D eigenvalue weighted by atomic mass is 16.6. The third-order valence-corrected chi connectivity index (χ3v) is 5.89. The number of carbonyl (C=O) groups excluding carboxylic acids is 1. The first-order valence-corrected chi connectivity index (χ1v) is 10.8. The summed E-state index contributed by atoms with van der Waals surface area (Å²) in [6, 6.07) is 9.49. The molecule has 1 fully saturated rings. The van der Waals surface area contributed by atoms with Gasteiger partial charge in [0, 0.05) is 53.9 Å². The molecule has 0 saturated carbocycles. The van der Waals surface area contributed by atoms with Crippen LogP contribution >= 0.6 is 0 Å². The van der Waals surface area contributed by atoms with E-state index < -0.39 is 0 Å². The van der Waals surface area contributed by atoms with E-state index in [1.165, 1.54) is 0 Å².